The minimum atomic E-state index is 0.732. The van der Waals surface area contributed by atoms with Crippen molar-refractivity contribution in [2.45, 2.75) is 39.2 Å². The minimum absolute atomic E-state index is 0.732. The average molecular weight is 210 g/mol. The molecule has 0 bridgehead atoms. The number of hydrogen-bond acceptors (Lipinski definition) is 2. The predicted octanol–water partition coefficient (Wildman–Crippen LogP) is 2.27. The molecule has 0 spiro atoms. The summed E-state index contributed by atoms with van der Waals surface area (Å²) < 4.78 is 0. The van der Waals surface area contributed by atoms with E-state index in [2.05, 4.69) is 30.6 Å². The molecule has 1 aliphatic heterocycles. The fourth-order valence-corrected chi connectivity index (χ4v) is 2.24. The van der Waals surface area contributed by atoms with Gasteiger partial charge in [-0.2, -0.15) is 0 Å². The van der Waals surface area contributed by atoms with E-state index in [9.17, 15) is 0 Å². The van der Waals surface area contributed by atoms with Crippen molar-refractivity contribution < 1.29 is 0 Å². The van der Waals surface area contributed by atoms with Crippen LogP contribution in [0.2, 0.25) is 0 Å². The lowest BCUT2D eigenvalue weighted by Gasteiger charge is -2.35. The van der Waals surface area contributed by atoms with E-state index in [-0.39, 0.29) is 0 Å². The summed E-state index contributed by atoms with van der Waals surface area (Å²) in [5, 5.41) is 3.57. The van der Waals surface area contributed by atoms with E-state index in [1.165, 1.54) is 25.8 Å². The molecule has 1 rings (SSSR count). The van der Waals surface area contributed by atoms with Crippen molar-refractivity contribution in [2.24, 2.45) is 5.92 Å². The van der Waals surface area contributed by atoms with Crippen LogP contribution in [0.3, 0.4) is 0 Å². The maximum absolute atomic E-state index is 3.84. The van der Waals surface area contributed by atoms with E-state index in [1.807, 2.05) is 6.08 Å². The molecule has 1 fully saturated rings. The molecule has 0 aromatic carbocycles. The Morgan fingerprint density at radius 1 is 1.47 bits per heavy atom. The highest BCUT2D eigenvalue weighted by Gasteiger charge is 2.20. The summed E-state index contributed by atoms with van der Waals surface area (Å²) in [4.78, 5) is 2.56. The van der Waals surface area contributed by atoms with Crippen molar-refractivity contribution in [3.63, 3.8) is 0 Å². The lowest BCUT2D eigenvalue weighted by atomic mass is 10.0. The number of likely N-dealkylation sites (tertiary alicyclic amines) is 1. The van der Waals surface area contributed by atoms with Crippen LogP contribution < -0.4 is 5.32 Å². The van der Waals surface area contributed by atoms with Gasteiger partial charge in [0.2, 0.25) is 0 Å². The second kappa shape index (κ2) is 7.02. The Hall–Kier alpha value is -0.340. The quantitative estimate of drug-likeness (QED) is 0.677. The van der Waals surface area contributed by atoms with Crippen LogP contribution in [0.25, 0.3) is 0 Å². The fourth-order valence-electron chi connectivity index (χ4n) is 2.24. The molecular formula is C13H26N2. The molecule has 0 aliphatic carbocycles. The summed E-state index contributed by atoms with van der Waals surface area (Å²) in [5.74, 6) is 0.751. The highest BCUT2D eigenvalue weighted by atomic mass is 15.2. The minimum Gasteiger partial charge on any atom is -0.315 e. The van der Waals surface area contributed by atoms with Gasteiger partial charge in [-0.15, -0.1) is 6.58 Å². The molecule has 1 atom stereocenters. The Bertz CT molecular complexity index is 177. The normalized spacial score (nSPS) is 23.3. The number of hydrogen-bond donors (Lipinski definition) is 1. The molecule has 2 heteroatoms. The first kappa shape index (κ1) is 12.7. The largest absolute Gasteiger partial charge is 0.315 e. The third-order valence-corrected chi connectivity index (χ3v) is 3.05. The molecule has 1 N–H and O–H groups in total. The lowest BCUT2D eigenvalue weighted by molar-refractivity contribution is 0.161. The van der Waals surface area contributed by atoms with Gasteiger partial charge in [-0.1, -0.05) is 26.3 Å². The standard InChI is InChI=1S/C13H26N2/c1-4-8-15-9-6-5-7-13(15)11-14-10-12(2)3/h4,12-14H,1,5-11H2,2-3H3. The summed E-state index contributed by atoms with van der Waals surface area (Å²) in [5.41, 5.74) is 0. The van der Waals surface area contributed by atoms with Crippen molar-refractivity contribution in [3.8, 4) is 0 Å². The Morgan fingerprint density at radius 2 is 2.27 bits per heavy atom. The van der Waals surface area contributed by atoms with Crippen LogP contribution in [0, 0.1) is 5.92 Å². The second-order valence-corrected chi connectivity index (χ2v) is 4.99. The number of nitrogens with zero attached hydrogens (tertiary/aromatic N) is 1. The van der Waals surface area contributed by atoms with Gasteiger partial charge < -0.3 is 5.32 Å². The van der Waals surface area contributed by atoms with Crippen LogP contribution in [0.5, 0.6) is 0 Å². The maximum Gasteiger partial charge on any atom is 0.0223 e. The SMILES string of the molecule is C=CCN1CCCCC1CNCC(C)C. The summed E-state index contributed by atoms with van der Waals surface area (Å²) in [7, 11) is 0. The van der Waals surface area contributed by atoms with Crippen LogP contribution in [0.1, 0.15) is 33.1 Å². The zero-order valence-corrected chi connectivity index (χ0v) is 10.3. The van der Waals surface area contributed by atoms with Gasteiger partial charge in [-0.05, 0) is 31.8 Å². The lowest BCUT2D eigenvalue weighted by Crippen LogP contribution is -2.45. The van der Waals surface area contributed by atoms with Gasteiger partial charge in [0.05, 0.1) is 0 Å². The molecule has 1 saturated heterocycles. The van der Waals surface area contributed by atoms with E-state index in [1.54, 1.807) is 0 Å². The smallest absolute Gasteiger partial charge is 0.0223 e. The van der Waals surface area contributed by atoms with Crippen LogP contribution in [0.15, 0.2) is 12.7 Å². The molecule has 0 radical (unpaired) electrons. The number of rotatable bonds is 6. The van der Waals surface area contributed by atoms with Gasteiger partial charge in [0.25, 0.3) is 0 Å². The van der Waals surface area contributed by atoms with Gasteiger partial charge in [-0.3, -0.25) is 4.90 Å². The van der Waals surface area contributed by atoms with Gasteiger partial charge in [-0.25, -0.2) is 0 Å². The molecule has 0 amide bonds. The molecule has 1 unspecified atom stereocenters. The third-order valence-electron chi connectivity index (χ3n) is 3.05. The highest BCUT2D eigenvalue weighted by molar-refractivity contribution is 4.83. The zero-order valence-electron chi connectivity index (χ0n) is 10.3. The fraction of sp³-hybridized carbons (Fsp3) is 0.846. The monoisotopic (exact) mass is 210 g/mol. The van der Waals surface area contributed by atoms with Crippen LogP contribution in [-0.2, 0) is 0 Å². The Morgan fingerprint density at radius 3 is 2.93 bits per heavy atom. The Kier molecular flexibility index (Phi) is 5.96. The van der Waals surface area contributed by atoms with E-state index in [0.717, 1.165) is 31.6 Å². The van der Waals surface area contributed by atoms with Crippen LogP contribution in [-0.4, -0.2) is 37.1 Å². The first-order valence-corrected chi connectivity index (χ1v) is 6.29. The van der Waals surface area contributed by atoms with E-state index < -0.39 is 0 Å². The summed E-state index contributed by atoms with van der Waals surface area (Å²) >= 11 is 0. The van der Waals surface area contributed by atoms with Crippen molar-refractivity contribution in [1.82, 2.24) is 10.2 Å². The summed E-state index contributed by atoms with van der Waals surface area (Å²) in [6, 6.07) is 0.732. The van der Waals surface area contributed by atoms with Gasteiger partial charge >= 0.3 is 0 Å². The van der Waals surface area contributed by atoms with Crippen molar-refractivity contribution >= 4 is 0 Å². The molecule has 1 heterocycles. The Labute approximate surface area is 94.7 Å². The first-order chi connectivity index (χ1) is 7.24. The molecule has 0 aromatic rings. The molecule has 2 nitrogen and oxygen atoms in total. The Balaban J connectivity index is 2.25. The molecule has 0 saturated carbocycles. The zero-order chi connectivity index (χ0) is 11.1. The second-order valence-electron chi connectivity index (χ2n) is 4.99. The van der Waals surface area contributed by atoms with E-state index >= 15 is 0 Å². The van der Waals surface area contributed by atoms with Gasteiger partial charge in [0.15, 0.2) is 0 Å². The van der Waals surface area contributed by atoms with Crippen LogP contribution >= 0.6 is 0 Å². The average Bonchev–Trinajstić information content (AvgIpc) is 2.20. The number of nitrogens with one attached hydrogen (secondary N) is 1. The van der Waals surface area contributed by atoms with E-state index in [4.69, 9.17) is 0 Å². The highest BCUT2D eigenvalue weighted by Crippen LogP contribution is 2.15. The van der Waals surface area contributed by atoms with Crippen molar-refractivity contribution in [3.05, 3.63) is 12.7 Å². The van der Waals surface area contributed by atoms with Crippen molar-refractivity contribution in [2.75, 3.05) is 26.2 Å². The number of piperidine rings is 1. The predicted molar refractivity (Wildman–Crippen MR) is 67.1 cm³/mol. The topological polar surface area (TPSA) is 15.3 Å². The molecular weight excluding hydrogens is 184 g/mol. The molecule has 0 aromatic heterocycles. The summed E-state index contributed by atoms with van der Waals surface area (Å²) in [6.07, 6.45) is 6.12. The van der Waals surface area contributed by atoms with E-state index in [0.29, 0.717) is 0 Å². The molecule has 1 aliphatic rings. The van der Waals surface area contributed by atoms with Gasteiger partial charge in [0.1, 0.15) is 0 Å². The molecule has 15 heavy (non-hydrogen) atoms. The first-order valence-electron chi connectivity index (χ1n) is 6.29. The van der Waals surface area contributed by atoms with Gasteiger partial charge in [0, 0.05) is 19.1 Å². The maximum atomic E-state index is 3.84. The third kappa shape index (κ3) is 4.80. The van der Waals surface area contributed by atoms with Crippen molar-refractivity contribution in [1.29, 1.82) is 0 Å². The summed E-state index contributed by atoms with van der Waals surface area (Å²) in [6.45, 7) is 12.9. The van der Waals surface area contributed by atoms with Crippen LogP contribution in [0.4, 0.5) is 0 Å². The molecule has 88 valence electrons.